The number of hydrogen-bond donors (Lipinski definition) is 0. The molecule has 0 aliphatic rings. The Hall–Kier alpha value is -2.72. The van der Waals surface area contributed by atoms with Crippen LogP contribution in [-0.2, 0) is 0 Å². The summed E-state index contributed by atoms with van der Waals surface area (Å²) >= 11 is 0. The summed E-state index contributed by atoms with van der Waals surface area (Å²) in [7, 11) is 0. The van der Waals surface area contributed by atoms with Gasteiger partial charge in [0.05, 0.1) is 0 Å². The highest BCUT2D eigenvalue weighted by atomic mass is 16.3. The summed E-state index contributed by atoms with van der Waals surface area (Å²) in [5, 5.41) is 2.03. The van der Waals surface area contributed by atoms with Gasteiger partial charge in [-0.05, 0) is 42.3 Å². The molecule has 0 amide bonds. The third-order valence-electron chi connectivity index (χ3n) is 3.35. The highest BCUT2D eigenvalue weighted by Crippen LogP contribution is 2.22. The van der Waals surface area contributed by atoms with Gasteiger partial charge in [0.25, 0.3) is 0 Å². The van der Waals surface area contributed by atoms with E-state index >= 15 is 0 Å². The number of terminal acetylenes is 1. The zero-order chi connectivity index (χ0) is 13.9. The Balaban J connectivity index is 2.30. The minimum absolute atomic E-state index is 0.822. The molecule has 0 saturated carbocycles. The van der Waals surface area contributed by atoms with Crippen molar-refractivity contribution in [3.63, 3.8) is 0 Å². The van der Waals surface area contributed by atoms with Gasteiger partial charge in [-0.2, -0.15) is 0 Å². The summed E-state index contributed by atoms with van der Waals surface area (Å²) in [5.74, 6) is 2.58. The molecule has 0 spiro atoms. The average Bonchev–Trinajstić information content (AvgIpc) is 2.86. The van der Waals surface area contributed by atoms with Gasteiger partial charge < -0.3 is 4.42 Å². The van der Waals surface area contributed by atoms with Gasteiger partial charge in [0, 0.05) is 10.6 Å². The molecule has 0 atom stereocenters. The molecule has 0 fully saturated rings. The third-order valence-corrected chi connectivity index (χ3v) is 3.35. The van der Waals surface area contributed by atoms with Crippen LogP contribution in [0.2, 0.25) is 0 Å². The Bertz CT molecular complexity index is 906. The molecular formula is C19H14O. The lowest BCUT2D eigenvalue weighted by molar-refractivity contribution is 0.575. The molecule has 1 heterocycles. The fourth-order valence-electron chi connectivity index (χ4n) is 2.39. The van der Waals surface area contributed by atoms with E-state index in [-0.39, 0.29) is 0 Å². The first kappa shape index (κ1) is 12.3. The molecular weight excluding hydrogens is 244 g/mol. The van der Waals surface area contributed by atoms with Gasteiger partial charge in [0.2, 0.25) is 0 Å². The fourth-order valence-corrected chi connectivity index (χ4v) is 2.39. The minimum atomic E-state index is 0.822. The largest absolute Gasteiger partial charge is 0.456 e. The zero-order valence-corrected chi connectivity index (χ0v) is 11.3. The van der Waals surface area contributed by atoms with Crippen LogP contribution < -0.4 is 10.6 Å². The molecule has 3 rings (SSSR count). The van der Waals surface area contributed by atoms with Crippen molar-refractivity contribution in [1.29, 1.82) is 0 Å². The molecule has 1 aromatic heterocycles. The van der Waals surface area contributed by atoms with Crippen LogP contribution in [0.15, 0.2) is 52.9 Å². The molecule has 0 unspecified atom stereocenters. The van der Waals surface area contributed by atoms with Crippen LogP contribution in [0.25, 0.3) is 34.2 Å². The molecule has 20 heavy (non-hydrogen) atoms. The SMILES string of the molecule is C#C/C=c1\c(=C/C)oc2cc(-c3ccccc3)ccc12. The highest BCUT2D eigenvalue weighted by Gasteiger charge is 2.05. The summed E-state index contributed by atoms with van der Waals surface area (Å²) in [4.78, 5) is 0. The average molecular weight is 258 g/mol. The number of fused-ring (bicyclic) bond motifs is 1. The van der Waals surface area contributed by atoms with Crippen LogP contribution in [0.4, 0.5) is 0 Å². The van der Waals surface area contributed by atoms with Crippen molar-refractivity contribution in [2.45, 2.75) is 6.92 Å². The fraction of sp³-hybridized carbons (Fsp3) is 0.0526. The van der Waals surface area contributed by atoms with E-state index in [2.05, 4.69) is 36.3 Å². The summed E-state index contributed by atoms with van der Waals surface area (Å²) in [6.45, 7) is 1.95. The first-order valence-electron chi connectivity index (χ1n) is 6.54. The van der Waals surface area contributed by atoms with Crippen molar-refractivity contribution in [3.8, 4) is 23.5 Å². The number of benzene rings is 2. The van der Waals surface area contributed by atoms with Crippen molar-refractivity contribution >= 4 is 23.1 Å². The number of hydrogen-bond acceptors (Lipinski definition) is 1. The predicted molar refractivity (Wildman–Crippen MR) is 84.3 cm³/mol. The molecule has 1 heteroatoms. The predicted octanol–water partition coefficient (Wildman–Crippen LogP) is 3.31. The highest BCUT2D eigenvalue weighted by molar-refractivity contribution is 5.85. The third kappa shape index (κ3) is 2.02. The van der Waals surface area contributed by atoms with E-state index in [1.165, 1.54) is 5.56 Å². The van der Waals surface area contributed by atoms with E-state index in [1.54, 1.807) is 6.08 Å². The first-order chi connectivity index (χ1) is 9.83. The summed E-state index contributed by atoms with van der Waals surface area (Å²) in [5.41, 5.74) is 4.00. The Labute approximate surface area is 117 Å². The molecule has 0 bridgehead atoms. The van der Waals surface area contributed by atoms with Crippen LogP contribution in [-0.4, -0.2) is 0 Å². The van der Waals surface area contributed by atoms with Gasteiger partial charge in [0.15, 0.2) is 0 Å². The molecule has 96 valence electrons. The second-order valence-electron chi connectivity index (χ2n) is 4.56. The van der Waals surface area contributed by atoms with Crippen molar-refractivity contribution in [1.82, 2.24) is 0 Å². The molecule has 0 saturated heterocycles. The van der Waals surface area contributed by atoms with Crippen LogP contribution in [0.3, 0.4) is 0 Å². The Morgan fingerprint density at radius 2 is 1.85 bits per heavy atom. The Morgan fingerprint density at radius 3 is 2.55 bits per heavy atom. The van der Waals surface area contributed by atoms with Crippen molar-refractivity contribution < 1.29 is 4.42 Å². The molecule has 2 aromatic carbocycles. The normalized spacial score (nSPS) is 12.8. The maximum atomic E-state index is 5.88. The van der Waals surface area contributed by atoms with E-state index in [4.69, 9.17) is 10.8 Å². The molecule has 0 aliphatic carbocycles. The van der Waals surface area contributed by atoms with E-state index in [1.807, 2.05) is 31.2 Å². The topological polar surface area (TPSA) is 13.1 Å². The maximum Gasteiger partial charge on any atom is 0.136 e. The maximum absolute atomic E-state index is 5.88. The second kappa shape index (κ2) is 5.11. The number of rotatable bonds is 1. The van der Waals surface area contributed by atoms with Crippen LogP contribution >= 0.6 is 0 Å². The zero-order valence-electron chi connectivity index (χ0n) is 11.3. The summed E-state index contributed by atoms with van der Waals surface area (Å²) in [6.07, 6.45) is 9.08. The van der Waals surface area contributed by atoms with Crippen molar-refractivity contribution in [2.75, 3.05) is 0 Å². The molecule has 0 radical (unpaired) electrons. The second-order valence-corrected chi connectivity index (χ2v) is 4.56. The lowest BCUT2D eigenvalue weighted by Gasteiger charge is -2.00. The Kier molecular flexibility index (Phi) is 3.15. The summed E-state index contributed by atoms with van der Waals surface area (Å²) in [6, 6.07) is 16.5. The Morgan fingerprint density at radius 1 is 1.05 bits per heavy atom. The van der Waals surface area contributed by atoms with E-state index in [0.29, 0.717) is 0 Å². The lowest BCUT2D eigenvalue weighted by Crippen LogP contribution is -2.18. The van der Waals surface area contributed by atoms with E-state index < -0.39 is 0 Å². The van der Waals surface area contributed by atoms with Crippen LogP contribution in [0.5, 0.6) is 0 Å². The lowest BCUT2D eigenvalue weighted by atomic mass is 10.0. The van der Waals surface area contributed by atoms with Gasteiger partial charge >= 0.3 is 0 Å². The van der Waals surface area contributed by atoms with Gasteiger partial charge in [-0.1, -0.05) is 42.3 Å². The van der Waals surface area contributed by atoms with Crippen LogP contribution in [0.1, 0.15) is 6.92 Å². The van der Waals surface area contributed by atoms with Gasteiger partial charge in [-0.25, -0.2) is 0 Å². The van der Waals surface area contributed by atoms with Crippen molar-refractivity contribution in [2.24, 2.45) is 0 Å². The molecule has 0 aliphatic heterocycles. The first-order valence-corrected chi connectivity index (χ1v) is 6.54. The van der Waals surface area contributed by atoms with E-state index in [0.717, 1.165) is 27.2 Å². The van der Waals surface area contributed by atoms with Crippen molar-refractivity contribution in [3.05, 3.63) is 59.2 Å². The van der Waals surface area contributed by atoms with Gasteiger partial charge in [-0.15, -0.1) is 6.42 Å². The molecule has 1 nitrogen and oxygen atoms in total. The van der Waals surface area contributed by atoms with Crippen LogP contribution in [0, 0.1) is 12.3 Å². The van der Waals surface area contributed by atoms with Gasteiger partial charge in [0.1, 0.15) is 11.0 Å². The minimum Gasteiger partial charge on any atom is -0.456 e. The van der Waals surface area contributed by atoms with E-state index in [9.17, 15) is 0 Å². The van der Waals surface area contributed by atoms with Gasteiger partial charge in [-0.3, -0.25) is 0 Å². The smallest absolute Gasteiger partial charge is 0.136 e. The summed E-state index contributed by atoms with van der Waals surface area (Å²) < 4.78 is 5.88. The molecule has 0 N–H and O–H groups in total. The quantitative estimate of drug-likeness (QED) is 0.610. The molecule has 3 aromatic rings. The monoisotopic (exact) mass is 258 g/mol. The standard InChI is InChI=1S/C19H14O/c1-3-8-16-17-12-11-15(14-9-6-5-7-10-14)13-19(17)20-18(16)4-2/h1,4-13H,2H3/b16-8-,18-4+. The number of furan rings is 1.